The number of imidazole rings is 1. The molecule has 0 saturated carbocycles. The van der Waals surface area contributed by atoms with E-state index < -0.39 is 0 Å². The zero-order valence-electron chi connectivity index (χ0n) is 7.08. The molecule has 1 aromatic heterocycles. The summed E-state index contributed by atoms with van der Waals surface area (Å²) >= 11 is 0. The molecule has 0 unspecified atom stereocenters. The summed E-state index contributed by atoms with van der Waals surface area (Å²) < 4.78 is 2.09. The van der Waals surface area contributed by atoms with Crippen molar-refractivity contribution in [3.63, 3.8) is 0 Å². The summed E-state index contributed by atoms with van der Waals surface area (Å²) in [5.74, 6) is 2.64. The Morgan fingerprint density at radius 2 is 2.33 bits per heavy atom. The standard InChI is InChI=1S/C10H12N2/c1-2-7-12-8-11-9-5-3-4-6-10(9)12/h1,8H,3-7H2. The van der Waals surface area contributed by atoms with E-state index in [-0.39, 0.29) is 0 Å². The van der Waals surface area contributed by atoms with Gasteiger partial charge in [0.2, 0.25) is 0 Å². The highest BCUT2D eigenvalue weighted by atomic mass is 15.1. The summed E-state index contributed by atoms with van der Waals surface area (Å²) in [5, 5.41) is 0. The summed E-state index contributed by atoms with van der Waals surface area (Å²) in [6, 6.07) is 0. The summed E-state index contributed by atoms with van der Waals surface area (Å²) in [6.07, 6.45) is 12.0. The molecule has 1 aliphatic rings. The second-order valence-corrected chi connectivity index (χ2v) is 3.18. The predicted molar refractivity (Wildman–Crippen MR) is 47.7 cm³/mol. The fraction of sp³-hybridized carbons (Fsp3) is 0.500. The highest BCUT2D eigenvalue weighted by Crippen LogP contribution is 2.19. The van der Waals surface area contributed by atoms with Crippen molar-refractivity contribution in [2.45, 2.75) is 32.2 Å². The van der Waals surface area contributed by atoms with Crippen molar-refractivity contribution in [1.82, 2.24) is 9.55 Å². The molecule has 0 aromatic carbocycles. The van der Waals surface area contributed by atoms with Gasteiger partial charge in [-0.05, 0) is 25.7 Å². The second-order valence-electron chi connectivity index (χ2n) is 3.18. The SMILES string of the molecule is C#CCn1cnc2c1CCCC2. The van der Waals surface area contributed by atoms with Gasteiger partial charge in [-0.25, -0.2) is 4.98 Å². The maximum atomic E-state index is 5.25. The van der Waals surface area contributed by atoms with Gasteiger partial charge in [0.25, 0.3) is 0 Å². The van der Waals surface area contributed by atoms with Crippen molar-refractivity contribution in [2.24, 2.45) is 0 Å². The fourth-order valence-electron chi connectivity index (χ4n) is 1.77. The predicted octanol–water partition coefficient (Wildman–Crippen LogP) is 1.40. The van der Waals surface area contributed by atoms with E-state index in [2.05, 4.69) is 15.5 Å². The lowest BCUT2D eigenvalue weighted by Gasteiger charge is -2.11. The highest BCUT2D eigenvalue weighted by Gasteiger charge is 2.13. The molecule has 0 spiro atoms. The number of aryl methyl sites for hydroxylation is 1. The molecule has 2 heteroatoms. The van der Waals surface area contributed by atoms with Crippen molar-refractivity contribution in [3.8, 4) is 12.3 Å². The molecule has 62 valence electrons. The van der Waals surface area contributed by atoms with E-state index in [4.69, 9.17) is 6.42 Å². The molecule has 0 saturated heterocycles. The van der Waals surface area contributed by atoms with Crippen LogP contribution in [-0.4, -0.2) is 9.55 Å². The average Bonchev–Trinajstić information content (AvgIpc) is 2.50. The zero-order chi connectivity index (χ0) is 8.39. The minimum absolute atomic E-state index is 0.669. The zero-order valence-corrected chi connectivity index (χ0v) is 7.08. The van der Waals surface area contributed by atoms with Crippen molar-refractivity contribution in [3.05, 3.63) is 17.7 Å². The van der Waals surface area contributed by atoms with Gasteiger partial charge in [-0.2, -0.15) is 0 Å². The molecule has 1 aliphatic carbocycles. The van der Waals surface area contributed by atoms with Gasteiger partial charge in [0.15, 0.2) is 0 Å². The number of aromatic nitrogens is 2. The third kappa shape index (κ3) is 1.12. The topological polar surface area (TPSA) is 17.8 Å². The van der Waals surface area contributed by atoms with Gasteiger partial charge in [-0.3, -0.25) is 0 Å². The third-order valence-corrected chi connectivity index (χ3v) is 2.37. The summed E-state index contributed by atoms with van der Waals surface area (Å²) in [7, 11) is 0. The lowest BCUT2D eigenvalue weighted by Crippen LogP contribution is -2.07. The first kappa shape index (κ1) is 7.42. The van der Waals surface area contributed by atoms with Crippen LogP contribution in [0.1, 0.15) is 24.2 Å². The number of fused-ring (bicyclic) bond motifs is 1. The Bertz CT molecular complexity index is 317. The molecule has 0 radical (unpaired) electrons. The molecule has 0 fully saturated rings. The number of hydrogen-bond acceptors (Lipinski definition) is 1. The van der Waals surface area contributed by atoms with E-state index in [1.165, 1.54) is 24.2 Å². The van der Waals surface area contributed by atoms with Crippen LogP contribution in [0.15, 0.2) is 6.33 Å². The summed E-state index contributed by atoms with van der Waals surface area (Å²) in [5.41, 5.74) is 2.62. The first-order valence-corrected chi connectivity index (χ1v) is 4.38. The molecular formula is C10H12N2. The Hall–Kier alpha value is -1.23. The van der Waals surface area contributed by atoms with Crippen LogP contribution < -0.4 is 0 Å². The van der Waals surface area contributed by atoms with Crippen LogP contribution >= 0.6 is 0 Å². The highest BCUT2D eigenvalue weighted by molar-refractivity contribution is 5.17. The van der Waals surface area contributed by atoms with Gasteiger partial charge in [0.05, 0.1) is 18.6 Å². The normalized spacial score (nSPS) is 15.2. The van der Waals surface area contributed by atoms with Crippen LogP contribution in [0.5, 0.6) is 0 Å². The van der Waals surface area contributed by atoms with E-state index in [0.29, 0.717) is 6.54 Å². The van der Waals surface area contributed by atoms with Gasteiger partial charge in [-0.15, -0.1) is 6.42 Å². The Balaban J connectivity index is 2.33. The Morgan fingerprint density at radius 1 is 1.50 bits per heavy atom. The fourth-order valence-corrected chi connectivity index (χ4v) is 1.77. The molecule has 1 heterocycles. The molecule has 0 atom stereocenters. The van der Waals surface area contributed by atoms with Gasteiger partial charge < -0.3 is 4.57 Å². The smallest absolute Gasteiger partial charge is 0.0960 e. The first-order chi connectivity index (χ1) is 5.92. The van der Waals surface area contributed by atoms with Gasteiger partial charge in [-0.1, -0.05) is 5.92 Å². The molecule has 0 bridgehead atoms. The Morgan fingerprint density at radius 3 is 3.17 bits per heavy atom. The summed E-state index contributed by atoms with van der Waals surface area (Å²) in [6.45, 7) is 0.669. The Kier molecular flexibility index (Phi) is 1.87. The quantitative estimate of drug-likeness (QED) is 0.568. The molecule has 2 nitrogen and oxygen atoms in total. The van der Waals surface area contributed by atoms with Crippen LogP contribution in [0, 0.1) is 12.3 Å². The van der Waals surface area contributed by atoms with Gasteiger partial charge in [0.1, 0.15) is 0 Å². The number of rotatable bonds is 1. The van der Waals surface area contributed by atoms with E-state index in [0.717, 1.165) is 12.8 Å². The van der Waals surface area contributed by atoms with Crippen molar-refractivity contribution in [2.75, 3.05) is 0 Å². The molecule has 0 amide bonds. The van der Waals surface area contributed by atoms with Crippen molar-refractivity contribution < 1.29 is 0 Å². The summed E-state index contributed by atoms with van der Waals surface area (Å²) in [4.78, 5) is 4.34. The minimum Gasteiger partial charge on any atom is -0.323 e. The second kappa shape index (κ2) is 3.02. The lowest BCUT2D eigenvalue weighted by atomic mass is 10.0. The maximum Gasteiger partial charge on any atom is 0.0960 e. The number of hydrogen-bond donors (Lipinski definition) is 0. The van der Waals surface area contributed by atoms with Crippen LogP contribution in [0.3, 0.4) is 0 Å². The molecule has 1 aromatic rings. The van der Waals surface area contributed by atoms with E-state index in [9.17, 15) is 0 Å². The average molecular weight is 160 g/mol. The van der Waals surface area contributed by atoms with Crippen molar-refractivity contribution >= 4 is 0 Å². The van der Waals surface area contributed by atoms with Crippen LogP contribution in [0.4, 0.5) is 0 Å². The monoisotopic (exact) mass is 160 g/mol. The first-order valence-electron chi connectivity index (χ1n) is 4.38. The van der Waals surface area contributed by atoms with Gasteiger partial charge in [0, 0.05) is 5.69 Å². The minimum atomic E-state index is 0.669. The largest absolute Gasteiger partial charge is 0.323 e. The third-order valence-electron chi connectivity index (χ3n) is 2.37. The number of nitrogens with zero attached hydrogens (tertiary/aromatic N) is 2. The van der Waals surface area contributed by atoms with Crippen molar-refractivity contribution in [1.29, 1.82) is 0 Å². The van der Waals surface area contributed by atoms with E-state index in [1.807, 2.05) is 6.33 Å². The van der Waals surface area contributed by atoms with E-state index >= 15 is 0 Å². The van der Waals surface area contributed by atoms with Crippen LogP contribution in [0.25, 0.3) is 0 Å². The Labute approximate surface area is 72.6 Å². The molecular weight excluding hydrogens is 148 g/mol. The van der Waals surface area contributed by atoms with Gasteiger partial charge >= 0.3 is 0 Å². The van der Waals surface area contributed by atoms with Crippen LogP contribution in [-0.2, 0) is 19.4 Å². The van der Waals surface area contributed by atoms with Crippen LogP contribution in [0.2, 0.25) is 0 Å². The molecule has 12 heavy (non-hydrogen) atoms. The lowest BCUT2D eigenvalue weighted by molar-refractivity contribution is 0.635. The molecule has 0 N–H and O–H groups in total. The molecule has 0 aliphatic heterocycles. The number of terminal acetylenes is 1. The maximum absolute atomic E-state index is 5.25. The molecule has 2 rings (SSSR count). The van der Waals surface area contributed by atoms with E-state index in [1.54, 1.807) is 0 Å².